The lowest BCUT2D eigenvalue weighted by Crippen LogP contribution is -2.04. The van der Waals surface area contributed by atoms with Crippen LogP contribution >= 0.6 is 0 Å². The molecule has 3 aromatic heterocycles. The van der Waals surface area contributed by atoms with Gasteiger partial charge in [-0.15, -0.1) is 0 Å². The molecule has 0 saturated carbocycles. The van der Waals surface area contributed by atoms with Crippen molar-refractivity contribution in [3.63, 3.8) is 0 Å². The predicted octanol–water partition coefficient (Wildman–Crippen LogP) is 5.49. The van der Waals surface area contributed by atoms with Gasteiger partial charge in [0.05, 0.1) is 17.1 Å². The minimum atomic E-state index is 0.480. The third-order valence-electron chi connectivity index (χ3n) is 5.56. The second-order valence-electron chi connectivity index (χ2n) is 7.81. The molecular weight excluding hydrogens is 398 g/mol. The molecule has 0 bridgehead atoms. The van der Waals surface area contributed by atoms with Crippen LogP contribution in [0.15, 0.2) is 61.1 Å². The maximum Gasteiger partial charge on any atom is 0.229 e. The van der Waals surface area contributed by atoms with Gasteiger partial charge in [0.1, 0.15) is 5.52 Å². The van der Waals surface area contributed by atoms with Crippen LogP contribution in [0.25, 0.3) is 21.8 Å². The average molecular weight is 419 g/mol. The summed E-state index contributed by atoms with van der Waals surface area (Å²) in [4.78, 5) is 13.9. The molecule has 2 aromatic carbocycles. The van der Waals surface area contributed by atoms with E-state index >= 15 is 0 Å². The molecule has 5 rings (SSSR count). The molecule has 0 spiro atoms. The summed E-state index contributed by atoms with van der Waals surface area (Å²) in [7, 11) is 1.99. The summed E-state index contributed by atoms with van der Waals surface area (Å²) in [5.74, 6) is 1.18. The van der Waals surface area contributed by atoms with Gasteiger partial charge >= 0.3 is 0 Å². The summed E-state index contributed by atoms with van der Waals surface area (Å²) >= 11 is 0. The first kappa shape index (κ1) is 19.5. The van der Waals surface area contributed by atoms with Crippen molar-refractivity contribution in [2.45, 2.75) is 13.8 Å². The van der Waals surface area contributed by atoms with Crippen molar-refractivity contribution in [3.05, 3.63) is 77.7 Å². The molecule has 0 fully saturated rings. The molecule has 0 atom stereocenters. The lowest BCUT2D eigenvalue weighted by Gasteiger charge is -2.14. The molecule has 0 aliphatic rings. The highest BCUT2D eigenvalue weighted by atomic mass is 15.2. The van der Waals surface area contributed by atoms with E-state index in [9.17, 15) is 0 Å². The third kappa shape index (κ3) is 3.38. The summed E-state index contributed by atoms with van der Waals surface area (Å²) in [6, 6.07) is 15.5. The third-order valence-corrected chi connectivity index (χ3v) is 5.56. The Balaban J connectivity index is 1.62. The van der Waals surface area contributed by atoms with Crippen LogP contribution in [0.2, 0.25) is 0 Å². The first-order valence-electron chi connectivity index (χ1n) is 10.2. The van der Waals surface area contributed by atoms with E-state index < -0.39 is 0 Å². The van der Waals surface area contributed by atoms with E-state index in [1.807, 2.05) is 55.3 Å². The molecule has 0 aliphatic carbocycles. The number of hydrogen-bond acceptors (Lipinski definition) is 6. The summed E-state index contributed by atoms with van der Waals surface area (Å²) in [6.45, 7) is 4.13. The summed E-state index contributed by atoms with van der Waals surface area (Å²) in [5.41, 5.74) is 6.40. The van der Waals surface area contributed by atoms with Crippen LogP contribution in [-0.4, -0.2) is 19.5 Å². The van der Waals surface area contributed by atoms with Crippen molar-refractivity contribution in [2.24, 2.45) is 7.05 Å². The molecular formula is C25H21N7. The molecule has 2 N–H and O–H groups in total. The van der Waals surface area contributed by atoms with E-state index in [-0.39, 0.29) is 0 Å². The highest BCUT2D eigenvalue weighted by Gasteiger charge is 2.15. The molecule has 5 aromatic rings. The quantitative estimate of drug-likeness (QED) is 0.400. The lowest BCUT2D eigenvalue weighted by atomic mass is 10.1. The molecule has 32 heavy (non-hydrogen) atoms. The Morgan fingerprint density at radius 1 is 0.906 bits per heavy atom. The first-order valence-corrected chi connectivity index (χ1v) is 10.2. The van der Waals surface area contributed by atoms with Crippen molar-refractivity contribution in [1.29, 1.82) is 5.26 Å². The van der Waals surface area contributed by atoms with Gasteiger partial charge in [-0.1, -0.05) is 6.07 Å². The number of rotatable bonds is 4. The van der Waals surface area contributed by atoms with Gasteiger partial charge in [0.2, 0.25) is 5.95 Å². The van der Waals surface area contributed by atoms with Crippen LogP contribution in [0.3, 0.4) is 0 Å². The smallest absolute Gasteiger partial charge is 0.229 e. The summed E-state index contributed by atoms with van der Waals surface area (Å²) in [5, 5.41) is 18.0. The number of aryl methyl sites for hydroxylation is 3. The Kier molecular flexibility index (Phi) is 4.68. The zero-order valence-corrected chi connectivity index (χ0v) is 18.0. The van der Waals surface area contributed by atoms with E-state index in [0.717, 1.165) is 38.7 Å². The number of nitrogens with one attached hydrogen (secondary N) is 2. The number of pyridine rings is 1. The molecule has 0 radical (unpaired) electrons. The van der Waals surface area contributed by atoms with Crippen LogP contribution in [0.5, 0.6) is 0 Å². The fourth-order valence-corrected chi connectivity index (χ4v) is 3.96. The zero-order valence-electron chi connectivity index (χ0n) is 18.0. The SMILES string of the molecule is Cc1ccc(Nc2nc(Nc3ccc(C#N)cc3)nc3c(C)cn(C)c23)c2cnccc12. The molecule has 0 aliphatic heterocycles. The van der Waals surface area contributed by atoms with Gasteiger partial charge in [0, 0.05) is 42.4 Å². The number of anilines is 4. The van der Waals surface area contributed by atoms with Crippen LogP contribution in [0.1, 0.15) is 16.7 Å². The maximum atomic E-state index is 9.03. The Morgan fingerprint density at radius 3 is 2.50 bits per heavy atom. The Hall–Kier alpha value is -4.44. The van der Waals surface area contributed by atoms with Gasteiger partial charge in [0.25, 0.3) is 0 Å². The standard InChI is InChI=1S/C25H21N7/c1-15-4-9-21(20-13-27-11-10-19(15)20)29-24-23-22(16(2)14-32(23)3)30-25(31-24)28-18-7-5-17(12-26)6-8-18/h4-11,13-14H,1-3H3,(H2,28,29,30,31). The van der Waals surface area contributed by atoms with E-state index in [1.165, 1.54) is 5.56 Å². The van der Waals surface area contributed by atoms with Crippen molar-refractivity contribution in [1.82, 2.24) is 19.5 Å². The normalized spacial score (nSPS) is 10.9. The first-order chi connectivity index (χ1) is 15.5. The number of hydrogen-bond donors (Lipinski definition) is 2. The van der Waals surface area contributed by atoms with Gasteiger partial charge in [-0.2, -0.15) is 10.2 Å². The molecule has 156 valence electrons. The Labute approximate surface area is 185 Å². The van der Waals surface area contributed by atoms with Crippen LogP contribution in [-0.2, 0) is 7.05 Å². The fraction of sp³-hybridized carbons (Fsp3) is 0.120. The van der Waals surface area contributed by atoms with Gasteiger partial charge in [-0.05, 0) is 66.8 Å². The van der Waals surface area contributed by atoms with Gasteiger partial charge in [-0.3, -0.25) is 4.98 Å². The molecule has 0 amide bonds. The van der Waals surface area contributed by atoms with E-state index in [2.05, 4.69) is 40.7 Å². The highest BCUT2D eigenvalue weighted by molar-refractivity contribution is 5.99. The minimum Gasteiger partial charge on any atom is -0.346 e. The topological polar surface area (TPSA) is 91.5 Å². The minimum absolute atomic E-state index is 0.480. The second kappa shape index (κ2) is 7.67. The van der Waals surface area contributed by atoms with E-state index in [0.29, 0.717) is 17.3 Å². The zero-order chi connectivity index (χ0) is 22.2. The number of fused-ring (bicyclic) bond motifs is 2. The van der Waals surface area contributed by atoms with Crippen LogP contribution in [0, 0.1) is 25.2 Å². The Bertz CT molecular complexity index is 1510. The number of aromatic nitrogens is 4. The molecule has 3 heterocycles. The second-order valence-corrected chi connectivity index (χ2v) is 7.81. The number of nitrogens with zero attached hydrogens (tertiary/aromatic N) is 5. The van der Waals surface area contributed by atoms with Gasteiger partial charge in [0.15, 0.2) is 5.82 Å². The maximum absolute atomic E-state index is 9.03. The largest absolute Gasteiger partial charge is 0.346 e. The highest BCUT2D eigenvalue weighted by Crippen LogP contribution is 2.32. The number of benzene rings is 2. The molecule has 7 heteroatoms. The molecule has 0 saturated heterocycles. The van der Waals surface area contributed by atoms with Crippen molar-refractivity contribution in [2.75, 3.05) is 10.6 Å². The average Bonchev–Trinajstić information content (AvgIpc) is 3.10. The van der Waals surface area contributed by atoms with E-state index in [4.69, 9.17) is 15.2 Å². The Morgan fingerprint density at radius 2 is 1.72 bits per heavy atom. The molecule has 7 nitrogen and oxygen atoms in total. The number of nitriles is 1. The monoisotopic (exact) mass is 419 g/mol. The summed E-state index contributed by atoms with van der Waals surface area (Å²) < 4.78 is 2.03. The predicted molar refractivity (Wildman–Crippen MR) is 127 cm³/mol. The van der Waals surface area contributed by atoms with Crippen LogP contribution < -0.4 is 10.6 Å². The lowest BCUT2D eigenvalue weighted by molar-refractivity contribution is 0.960. The van der Waals surface area contributed by atoms with Crippen molar-refractivity contribution >= 4 is 44.9 Å². The van der Waals surface area contributed by atoms with Gasteiger partial charge < -0.3 is 15.2 Å². The van der Waals surface area contributed by atoms with Crippen molar-refractivity contribution in [3.8, 4) is 6.07 Å². The van der Waals surface area contributed by atoms with Crippen molar-refractivity contribution < 1.29 is 0 Å². The van der Waals surface area contributed by atoms with Gasteiger partial charge in [-0.25, -0.2) is 4.98 Å². The molecule has 0 unspecified atom stereocenters. The van der Waals surface area contributed by atoms with Crippen LogP contribution in [0.4, 0.5) is 23.1 Å². The van der Waals surface area contributed by atoms with E-state index in [1.54, 1.807) is 12.1 Å². The fourth-order valence-electron chi connectivity index (χ4n) is 3.96. The summed E-state index contributed by atoms with van der Waals surface area (Å²) in [6.07, 6.45) is 5.72.